The molecule has 0 spiro atoms. The third kappa shape index (κ3) is 2.21. The summed E-state index contributed by atoms with van der Waals surface area (Å²) in [6, 6.07) is 8.11. The smallest absolute Gasteiger partial charge is 0.138 e. The van der Waals surface area contributed by atoms with Crippen molar-refractivity contribution in [2.75, 3.05) is 6.61 Å². The SMILES string of the molecule is CCn1ncnc1CC(N)C1COc2ccccc21. The van der Waals surface area contributed by atoms with Crippen molar-refractivity contribution in [3.8, 4) is 5.75 Å². The van der Waals surface area contributed by atoms with E-state index < -0.39 is 0 Å². The summed E-state index contributed by atoms with van der Waals surface area (Å²) in [4.78, 5) is 4.29. The maximum atomic E-state index is 6.35. The van der Waals surface area contributed by atoms with Gasteiger partial charge in [-0.1, -0.05) is 18.2 Å². The third-order valence-corrected chi connectivity index (χ3v) is 3.67. The lowest BCUT2D eigenvalue weighted by Crippen LogP contribution is -2.32. The van der Waals surface area contributed by atoms with Gasteiger partial charge in [-0.2, -0.15) is 5.10 Å². The monoisotopic (exact) mass is 258 g/mol. The molecule has 0 amide bonds. The molecule has 0 radical (unpaired) electrons. The van der Waals surface area contributed by atoms with Crippen LogP contribution in [0.5, 0.6) is 5.75 Å². The molecule has 100 valence electrons. The molecule has 1 aromatic carbocycles. The molecule has 0 saturated heterocycles. The minimum absolute atomic E-state index is 0.00171. The Bertz CT molecular complexity index is 566. The number of fused-ring (bicyclic) bond motifs is 1. The zero-order chi connectivity index (χ0) is 13.2. The Morgan fingerprint density at radius 1 is 1.47 bits per heavy atom. The molecule has 5 nitrogen and oxygen atoms in total. The Labute approximate surface area is 112 Å². The van der Waals surface area contributed by atoms with Gasteiger partial charge in [-0.05, 0) is 13.0 Å². The van der Waals surface area contributed by atoms with Crippen molar-refractivity contribution in [3.63, 3.8) is 0 Å². The molecule has 0 bridgehead atoms. The average Bonchev–Trinajstić information content (AvgIpc) is 3.04. The molecular formula is C14H18N4O. The normalized spacial score (nSPS) is 18.9. The first-order valence-corrected chi connectivity index (χ1v) is 6.63. The van der Waals surface area contributed by atoms with E-state index in [0.29, 0.717) is 6.61 Å². The summed E-state index contributed by atoms with van der Waals surface area (Å²) in [5.41, 5.74) is 7.55. The van der Waals surface area contributed by atoms with Crippen LogP contribution < -0.4 is 10.5 Å². The van der Waals surface area contributed by atoms with Gasteiger partial charge in [0, 0.05) is 30.5 Å². The highest BCUT2D eigenvalue weighted by atomic mass is 16.5. The van der Waals surface area contributed by atoms with Gasteiger partial charge in [0.25, 0.3) is 0 Å². The van der Waals surface area contributed by atoms with Gasteiger partial charge in [-0.15, -0.1) is 0 Å². The van der Waals surface area contributed by atoms with E-state index in [1.165, 1.54) is 5.56 Å². The molecule has 2 heterocycles. The Balaban J connectivity index is 1.77. The predicted molar refractivity (Wildman–Crippen MR) is 72.1 cm³/mol. The van der Waals surface area contributed by atoms with Crippen LogP contribution in [0.3, 0.4) is 0 Å². The second-order valence-corrected chi connectivity index (χ2v) is 4.82. The minimum Gasteiger partial charge on any atom is -0.493 e. The molecule has 1 aliphatic heterocycles. The van der Waals surface area contributed by atoms with Crippen molar-refractivity contribution in [2.45, 2.75) is 31.8 Å². The lowest BCUT2D eigenvalue weighted by molar-refractivity contribution is 0.311. The number of aryl methyl sites for hydroxylation is 1. The van der Waals surface area contributed by atoms with E-state index >= 15 is 0 Å². The maximum absolute atomic E-state index is 6.35. The molecular weight excluding hydrogens is 240 g/mol. The summed E-state index contributed by atoms with van der Waals surface area (Å²) in [5, 5.41) is 4.18. The molecule has 2 N–H and O–H groups in total. The molecule has 1 aromatic heterocycles. The number of hydrogen-bond donors (Lipinski definition) is 1. The summed E-state index contributed by atoms with van der Waals surface area (Å²) in [6.45, 7) is 3.53. The van der Waals surface area contributed by atoms with Crippen molar-refractivity contribution in [1.29, 1.82) is 0 Å². The zero-order valence-electron chi connectivity index (χ0n) is 11.0. The van der Waals surface area contributed by atoms with E-state index in [0.717, 1.165) is 24.5 Å². The van der Waals surface area contributed by atoms with E-state index in [-0.39, 0.29) is 12.0 Å². The van der Waals surface area contributed by atoms with E-state index in [2.05, 4.69) is 23.1 Å². The van der Waals surface area contributed by atoms with Crippen LogP contribution >= 0.6 is 0 Å². The topological polar surface area (TPSA) is 66.0 Å². The fraction of sp³-hybridized carbons (Fsp3) is 0.429. The number of para-hydroxylation sites is 1. The Kier molecular flexibility index (Phi) is 3.21. The highest BCUT2D eigenvalue weighted by molar-refractivity contribution is 5.40. The van der Waals surface area contributed by atoms with Gasteiger partial charge in [0.1, 0.15) is 17.9 Å². The number of nitrogens with zero attached hydrogens (tertiary/aromatic N) is 3. The van der Waals surface area contributed by atoms with Crippen LogP contribution in [-0.4, -0.2) is 27.4 Å². The highest BCUT2D eigenvalue weighted by Crippen LogP contribution is 2.35. The van der Waals surface area contributed by atoms with E-state index in [9.17, 15) is 0 Å². The molecule has 2 unspecified atom stereocenters. The van der Waals surface area contributed by atoms with Crippen LogP contribution in [-0.2, 0) is 13.0 Å². The fourth-order valence-electron chi connectivity index (χ4n) is 2.61. The van der Waals surface area contributed by atoms with Gasteiger partial charge in [-0.25, -0.2) is 4.98 Å². The van der Waals surface area contributed by atoms with Crippen LogP contribution in [0.1, 0.15) is 24.2 Å². The van der Waals surface area contributed by atoms with E-state index in [1.807, 2.05) is 22.9 Å². The lowest BCUT2D eigenvalue weighted by atomic mass is 9.92. The van der Waals surface area contributed by atoms with Crippen LogP contribution in [0.15, 0.2) is 30.6 Å². The van der Waals surface area contributed by atoms with Crippen molar-refractivity contribution in [2.24, 2.45) is 5.73 Å². The largest absolute Gasteiger partial charge is 0.493 e. The van der Waals surface area contributed by atoms with Gasteiger partial charge >= 0.3 is 0 Å². The summed E-state index contributed by atoms with van der Waals surface area (Å²) in [6.07, 6.45) is 2.31. The number of aromatic nitrogens is 3. The summed E-state index contributed by atoms with van der Waals surface area (Å²) in [5.74, 6) is 2.14. The summed E-state index contributed by atoms with van der Waals surface area (Å²) < 4.78 is 7.58. The predicted octanol–water partition coefficient (Wildman–Crippen LogP) is 1.34. The van der Waals surface area contributed by atoms with Crippen molar-refractivity contribution >= 4 is 0 Å². The summed E-state index contributed by atoms with van der Waals surface area (Å²) >= 11 is 0. The first-order chi connectivity index (χ1) is 9.29. The van der Waals surface area contributed by atoms with Gasteiger partial charge < -0.3 is 10.5 Å². The van der Waals surface area contributed by atoms with Gasteiger partial charge in [0.15, 0.2) is 0 Å². The van der Waals surface area contributed by atoms with Crippen LogP contribution in [0.2, 0.25) is 0 Å². The second kappa shape index (κ2) is 5.01. The van der Waals surface area contributed by atoms with Gasteiger partial charge in [0.05, 0.1) is 6.61 Å². The molecule has 3 rings (SSSR count). The number of ether oxygens (including phenoxy) is 1. The highest BCUT2D eigenvalue weighted by Gasteiger charge is 2.29. The molecule has 5 heteroatoms. The quantitative estimate of drug-likeness (QED) is 0.899. The Morgan fingerprint density at radius 2 is 2.32 bits per heavy atom. The van der Waals surface area contributed by atoms with Crippen molar-refractivity contribution in [3.05, 3.63) is 42.0 Å². The lowest BCUT2D eigenvalue weighted by Gasteiger charge is -2.18. The van der Waals surface area contributed by atoms with E-state index in [4.69, 9.17) is 10.5 Å². The average molecular weight is 258 g/mol. The molecule has 1 aliphatic rings. The van der Waals surface area contributed by atoms with Crippen molar-refractivity contribution < 1.29 is 4.74 Å². The van der Waals surface area contributed by atoms with Crippen LogP contribution in [0.4, 0.5) is 0 Å². The first-order valence-electron chi connectivity index (χ1n) is 6.63. The standard InChI is InChI=1S/C14H18N4O/c1-2-18-14(16-9-17-18)7-12(15)11-8-19-13-6-4-3-5-10(11)13/h3-6,9,11-12H,2,7-8,15H2,1H3. The van der Waals surface area contributed by atoms with Gasteiger partial charge in [-0.3, -0.25) is 4.68 Å². The van der Waals surface area contributed by atoms with Crippen molar-refractivity contribution in [1.82, 2.24) is 14.8 Å². The van der Waals surface area contributed by atoms with E-state index in [1.54, 1.807) is 6.33 Å². The zero-order valence-corrected chi connectivity index (χ0v) is 11.0. The third-order valence-electron chi connectivity index (χ3n) is 3.67. The number of nitrogens with two attached hydrogens (primary N) is 1. The second-order valence-electron chi connectivity index (χ2n) is 4.82. The molecule has 2 atom stereocenters. The van der Waals surface area contributed by atoms with Crippen LogP contribution in [0.25, 0.3) is 0 Å². The molecule has 0 saturated carbocycles. The molecule has 0 fully saturated rings. The Hall–Kier alpha value is -1.88. The van der Waals surface area contributed by atoms with Crippen LogP contribution in [0, 0.1) is 0 Å². The number of benzene rings is 1. The molecule has 2 aromatic rings. The molecule has 19 heavy (non-hydrogen) atoms. The number of hydrogen-bond acceptors (Lipinski definition) is 4. The Morgan fingerprint density at radius 3 is 3.16 bits per heavy atom. The fourth-order valence-corrected chi connectivity index (χ4v) is 2.61. The van der Waals surface area contributed by atoms with Gasteiger partial charge in [0.2, 0.25) is 0 Å². The maximum Gasteiger partial charge on any atom is 0.138 e. The summed E-state index contributed by atoms with van der Waals surface area (Å²) in [7, 11) is 0. The first kappa shape index (κ1) is 12.2. The number of rotatable bonds is 4. The minimum atomic E-state index is -0.00171. The molecule has 0 aliphatic carbocycles.